The number of ether oxygens (including phenoxy) is 1. The maximum atomic E-state index is 9.51. The average Bonchev–Trinajstić information content (AvgIpc) is 2.33. The van der Waals surface area contributed by atoms with Crippen LogP contribution in [0.5, 0.6) is 0 Å². The molecule has 0 bridgehead atoms. The Bertz CT molecular complexity index is 333. The minimum Gasteiger partial charge on any atom is -0.394 e. The summed E-state index contributed by atoms with van der Waals surface area (Å²) in [6.07, 6.45) is 0.788. The fraction of sp³-hybridized carbons (Fsp3) is 0.500. The molecule has 1 saturated heterocycles. The van der Waals surface area contributed by atoms with Gasteiger partial charge in [0.25, 0.3) is 0 Å². The van der Waals surface area contributed by atoms with Gasteiger partial charge in [0.05, 0.1) is 25.4 Å². The number of halogens is 1. The molecule has 0 radical (unpaired) electrons. The highest BCUT2D eigenvalue weighted by atomic mass is 79.9. The summed E-state index contributed by atoms with van der Waals surface area (Å²) in [4.78, 5) is 0. The Labute approximate surface area is 104 Å². The van der Waals surface area contributed by atoms with Crippen molar-refractivity contribution in [3.05, 3.63) is 34.3 Å². The second-order valence-corrected chi connectivity index (χ2v) is 5.14. The molecular weight excluding hydrogens is 270 g/mol. The van der Waals surface area contributed by atoms with Gasteiger partial charge in [0.15, 0.2) is 0 Å². The maximum Gasteiger partial charge on any atom is 0.0692 e. The Kier molecular flexibility index (Phi) is 3.97. The van der Waals surface area contributed by atoms with Crippen LogP contribution >= 0.6 is 15.9 Å². The van der Waals surface area contributed by atoms with Crippen molar-refractivity contribution in [3.63, 3.8) is 0 Å². The molecule has 1 fully saturated rings. The van der Waals surface area contributed by atoms with Crippen LogP contribution in [0.25, 0.3) is 0 Å². The average molecular weight is 286 g/mol. The largest absolute Gasteiger partial charge is 0.394 e. The quantitative estimate of drug-likeness (QED) is 0.881. The fourth-order valence-corrected chi connectivity index (χ4v) is 2.24. The van der Waals surface area contributed by atoms with Crippen molar-refractivity contribution in [1.29, 1.82) is 0 Å². The first kappa shape index (κ1) is 12.0. The molecule has 3 nitrogen and oxygen atoms in total. The molecule has 1 aliphatic rings. The number of aliphatic hydroxyl groups excluding tert-OH is 1. The molecule has 2 N–H and O–H groups in total. The number of aliphatic hydroxyl groups is 1. The lowest BCUT2D eigenvalue weighted by atomic mass is 9.91. The first-order chi connectivity index (χ1) is 7.74. The minimum atomic E-state index is -0.313. The molecule has 16 heavy (non-hydrogen) atoms. The third kappa shape index (κ3) is 2.83. The zero-order chi connectivity index (χ0) is 11.4. The van der Waals surface area contributed by atoms with Gasteiger partial charge in [-0.1, -0.05) is 28.1 Å². The first-order valence-electron chi connectivity index (χ1n) is 5.42. The molecule has 1 unspecified atom stereocenters. The molecule has 1 heterocycles. The Morgan fingerprint density at radius 1 is 1.38 bits per heavy atom. The fourth-order valence-electron chi connectivity index (χ4n) is 1.97. The van der Waals surface area contributed by atoms with Crippen LogP contribution in [0, 0.1) is 0 Å². The van der Waals surface area contributed by atoms with Gasteiger partial charge in [0.1, 0.15) is 0 Å². The summed E-state index contributed by atoms with van der Waals surface area (Å²) in [6, 6.07) is 8.17. The number of hydrogen-bond donors (Lipinski definition) is 2. The molecule has 1 aromatic rings. The van der Waals surface area contributed by atoms with Crippen LogP contribution in [0.4, 0.5) is 0 Å². The van der Waals surface area contributed by atoms with E-state index >= 15 is 0 Å². The highest BCUT2D eigenvalue weighted by molar-refractivity contribution is 9.10. The van der Waals surface area contributed by atoms with E-state index in [9.17, 15) is 5.11 Å². The maximum absolute atomic E-state index is 9.51. The van der Waals surface area contributed by atoms with Crippen molar-refractivity contribution in [2.75, 3.05) is 26.4 Å². The molecule has 1 aromatic carbocycles. The van der Waals surface area contributed by atoms with Crippen molar-refractivity contribution >= 4 is 15.9 Å². The summed E-state index contributed by atoms with van der Waals surface area (Å²) in [5.41, 5.74) is 0.891. The number of benzene rings is 1. The first-order valence-corrected chi connectivity index (χ1v) is 6.21. The third-order valence-electron chi connectivity index (χ3n) is 2.88. The molecule has 0 amide bonds. The van der Waals surface area contributed by atoms with Gasteiger partial charge >= 0.3 is 0 Å². The number of nitrogens with one attached hydrogen (secondary N) is 1. The highest BCUT2D eigenvalue weighted by Crippen LogP contribution is 2.18. The summed E-state index contributed by atoms with van der Waals surface area (Å²) in [6.45, 7) is 2.20. The summed E-state index contributed by atoms with van der Waals surface area (Å²) in [5.74, 6) is 0. The van der Waals surface area contributed by atoms with E-state index in [1.165, 1.54) is 5.56 Å². The predicted molar refractivity (Wildman–Crippen MR) is 66.5 cm³/mol. The number of rotatable bonds is 3. The van der Waals surface area contributed by atoms with Gasteiger partial charge in [-0.2, -0.15) is 0 Å². The van der Waals surface area contributed by atoms with Gasteiger partial charge in [-0.3, -0.25) is 0 Å². The molecular formula is C12H16BrNO2. The minimum absolute atomic E-state index is 0.100. The Hall–Kier alpha value is -0.420. The number of hydrogen-bond acceptors (Lipinski definition) is 3. The van der Waals surface area contributed by atoms with E-state index in [-0.39, 0.29) is 12.1 Å². The second-order valence-electron chi connectivity index (χ2n) is 4.22. The van der Waals surface area contributed by atoms with Gasteiger partial charge in [0.2, 0.25) is 0 Å². The van der Waals surface area contributed by atoms with Gasteiger partial charge in [-0.15, -0.1) is 0 Å². The lowest BCUT2D eigenvalue weighted by Crippen LogP contribution is -2.58. The lowest BCUT2D eigenvalue weighted by Gasteiger charge is -2.36. The molecule has 0 saturated carbocycles. The van der Waals surface area contributed by atoms with Crippen LogP contribution in [0.15, 0.2) is 28.7 Å². The monoisotopic (exact) mass is 285 g/mol. The van der Waals surface area contributed by atoms with Gasteiger partial charge in [-0.25, -0.2) is 0 Å². The van der Waals surface area contributed by atoms with Crippen LogP contribution in [-0.2, 0) is 11.2 Å². The molecule has 1 aliphatic heterocycles. The van der Waals surface area contributed by atoms with Gasteiger partial charge in [0, 0.05) is 11.0 Å². The van der Waals surface area contributed by atoms with E-state index in [0.717, 1.165) is 24.0 Å². The van der Waals surface area contributed by atoms with Crippen molar-refractivity contribution in [1.82, 2.24) is 5.32 Å². The normalized spacial score (nSPS) is 25.6. The van der Waals surface area contributed by atoms with Crippen LogP contribution in [0.3, 0.4) is 0 Å². The van der Waals surface area contributed by atoms with Crippen molar-refractivity contribution in [2.24, 2.45) is 0 Å². The molecule has 88 valence electrons. The summed E-state index contributed by atoms with van der Waals surface area (Å²) in [7, 11) is 0. The number of morpholine rings is 1. The molecule has 0 aromatic heterocycles. The van der Waals surface area contributed by atoms with Gasteiger partial charge < -0.3 is 15.2 Å². The van der Waals surface area contributed by atoms with E-state index in [1.54, 1.807) is 0 Å². The van der Waals surface area contributed by atoms with Crippen molar-refractivity contribution < 1.29 is 9.84 Å². The second kappa shape index (κ2) is 5.27. The van der Waals surface area contributed by atoms with E-state index in [0.29, 0.717) is 6.61 Å². The third-order valence-corrected chi connectivity index (χ3v) is 3.41. The standard InChI is InChI=1S/C12H16BrNO2/c13-11-3-1-10(2-4-11)7-12(8-15)9-16-6-5-14-12/h1-4,14-15H,5-9H2. The highest BCUT2D eigenvalue weighted by Gasteiger charge is 2.31. The van der Waals surface area contributed by atoms with Crippen LogP contribution in [0.2, 0.25) is 0 Å². The van der Waals surface area contributed by atoms with Crippen LogP contribution in [0.1, 0.15) is 5.56 Å². The van der Waals surface area contributed by atoms with Crippen molar-refractivity contribution in [3.8, 4) is 0 Å². The van der Waals surface area contributed by atoms with E-state index in [4.69, 9.17) is 4.74 Å². The summed E-state index contributed by atoms with van der Waals surface area (Å²) >= 11 is 3.41. The van der Waals surface area contributed by atoms with Gasteiger partial charge in [-0.05, 0) is 24.1 Å². The zero-order valence-electron chi connectivity index (χ0n) is 9.08. The molecule has 4 heteroatoms. The Balaban J connectivity index is 2.08. The summed E-state index contributed by atoms with van der Waals surface area (Å²) < 4.78 is 6.51. The van der Waals surface area contributed by atoms with Crippen molar-refractivity contribution in [2.45, 2.75) is 12.0 Å². The van der Waals surface area contributed by atoms with E-state index in [1.807, 2.05) is 12.1 Å². The van der Waals surface area contributed by atoms with Crippen LogP contribution < -0.4 is 5.32 Å². The predicted octanol–water partition coefficient (Wildman–Crippen LogP) is 1.34. The van der Waals surface area contributed by atoms with E-state index in [2.05, 4.69) is 33.4 Å². The smallest absolute Gasteiger partial charge is 0.0692 e. The summed E-state index contributed by atoms with van der Waals surface area (Å²) in [5, 5.41) is 12.9. The Morgan fingerprint density at radius 3 is 2.69 bits per heavy atom. The topological polar surface area (TPSA) is 41.5 Å². The van der Waals surface area contributed by atoms with E-state index < -0.39 is 0 Å². The molecule has 2 rings (SSSR count). The zero-order valence-corrected chi connectivity index (χ0v) is 10.7. The molecule has 0 spiro atoms. The van der Waals surface area contributed by atoms with Crippen LogP contribution in [-0.4, -0.2) is 37.0 Å². The lowest BCUT2D eigenvalue weighted by molar-refractivity contribution is -0.000719. The molecule has 1 atom stereocenters. The SMILES string of the molecule is OCC1(Cc2ccc(Br)cc2)COCCN1. The Morgan fingerprint density at radius 2 is 2.12 bits per heavy atom. The molecule has 0 aliphatic carbocycles.